The minimum atomic E-state index is -0.634. The van der Waals surface area contributed by atoms with Crippen LogP contribution in [0.25, 0.3) is 0 Å². The van der Waals surface area contributed by atoms with E-state index < -0.39 is 6.16 Å². The van der Waals surface area contributed by atoms with Gasteiger partial charge in [0.25, 0.3) is 0 Å². The van der Waals surface area contributed by atoms with E-state index in [0.717, 1.165) is 13.0 Å². The number of nitrogens with zero attached hydrogens (tertiary/aromatic N) is 2. The summed E-state index contributed by atoms with van der Waals surface area (Å²) in [7, 11) is 1.29. The molecule has 0 N–H and O–H groups in total. The summed E-state index contributed by atoms with van der Waals surface area (Å²) in [6, 6.07) is 0. The normalized spacial score (nSPS) is 9.62. The molecule has 5 heteroatoms. The van der Waals surface area contributed by atoms with Crippen LogP contribution in [-0.2, 0) is 16.0 Å². The lowest BCUT2D eigenvalue weighted by Crippen LogP contribution is -2.07. The third-order valence-electron chi connectivity index (χ3n) is 1.51. The van der Waals surface area contributed by atoms with Gasteiger partial charge in [-0.3, -0.25) is 0 Å². The van der Waals surface area contributed by atoms with Gasteiger partial charge in [-0.1, -0.05) is 0 Å². The van der Waals surface area contributed by atoms with Gasteiger partial charge in [0.1, 0.15) is 0 Å². The van der Waals surface area contributed by atoms with Gasteiger partial charge in [0, 0.05) is 18.9 Å². The van der Waals surface area contributed by atoms with Crippen molar-refractivity contribution in [2.75, 3.05) is 13.7 Å². The van der Waals surface area contributed by atoms with Crippen LogP contribution in [-0.4, -0.2) is 29.4 Å². The standard InChI is InChI=1S/C8H12N2O3/c1-12-8(11)13-6-2-4-10-5-3-9-7-10/h3,5,7H,2,4,6H2,1H3. The van der Waals surface area contributed by atoms with Crippen molar-refractivity contribution in [2.24, 2.45) is 0 Å². The Morgan fingerprint density at radius 3 is 3.08 bits per heavy atom. The average molecular weight is 184 g/mol. The minimum absolute atomic E-state index is 0.366. The Morgan fingerprint density at radius 2 is 2.46 bits per heavy atom. The third-order valence-corrected chi connectivity index (χ3v) is 1.51. The molecule has 0 aliphatic rings. The number of ether oxygens (including phenoxy) is 2. The second kappa shape index (κ2) is 5.18. The fraction of sp³-hybridized carbons (Fsp3) is 0.500. The lowest BCUT2D eigenvalue weighted by Gasteiger charge is -2.03. The van der Waals surface area contributed by atoms with Gasteiger partial charge in [0.15, 0.2) is 0 Å². The van der Waals surface area contributed by atoms with Gasteiger partial charge in [-0.25, -0.2) is 9.78 Å². The van der Waals surface area contributed by atoms with Gasteiger partial charge in [0.05, 0.1) is 20.0 Å². The molecular formula is C8H12N2O3. The van der Waals surface area contributed by atoms with Crippen LogP contribution in [0.1, 0.15) is 6.42 Å². The summed E-state index contributed by atoms with van der Waals surface area (Å²) < 4.78 is 10.9. The first-order valence-electron chi connectivity index (χ1n) is 3.99. The topological polar surface area (TPSA) is 53.4 Å². The smallest absolute Gasteiger partial charge is 0.438 e. The monoisotopic (exact) mass is 184 g/mol. The number of aromatic nitrogens is 2. The van der Waals surface area contributed by atoms with Crippen molar-refractivity contribution in [3.63, 3.8) is 0 Å². The molecule has 0 aliphatic carbocycles. The number of carbonyl (C=O) groups excluding carboxylic acids is 1. The van der Waals surface area contributed by atoms with Crippen LogP contribution in [0.5, 0.6) is 0 Å². The molecule has 1 rings (SSSR count). The summed E-state index contributed by atoms with van der Waals surface area (Å²) in [6.07, 6.45) is 5.41. The Hall–Kier alpha value is -1.52. The number of carbonyl (C=O) groups is 1. The van der Waals surface area contributed by atoms with E-state index in [2.05, 4.69) is 9.72 Å². The molecular weight excluding hydrogens is 172 g/mol. The highest BCUT2D eigenvalue weighted by molar-refractivity contribution is 5.59. The van der Waals surface area contributed by atoms with Gasteiger partial charge >= 0.3 is 6.16 Å². The molecule has 0 radical (unpaired) electrons. The van der Waals surface area contributed by atoms with E-state index in [9.17, 15) is 4.79 Å². The Labute approximate surface area is 76.3 Å². The maximum absolute atomic E-state index is 10.5. The van der Waals surface area contributed by atoms with Crippen molar-refractivity contribution in [3.05, 3.63) is 18.7 Å². The van der Waals surface area contributed by atoms with Crippen molar-refractivity contribution in [2.45, 2.75) is 13.0 Å². The van der Waals surface area contributed by atoms with E-state index in [1.165, 1.54) is 7.11 Å². The molecule has 1 aromatic heterocycles. The van der Waals surface area contributed by atoms with Gasteiger partial charge in [-0.15, -0.1) is 0 Å². The molecule has 0 aromatic carbocycles. The molecule has 0 aliphatic heterocycles. The largest absolute Gasteiger partial charge is 0.507 e. The second-order valence-corrected chi connectivity index (χ2v) is 2.46. The Bertz CT molecular complexity index is 246. The summed E-state index contributed by atoms with van der Waals surface area (Å²) in [5, 5.41) is 0. The van der Waals surface area contributed by atoms with Crippen molar-refractivity contribution in [3.8, 4) is 0 Å². The highest BCUT2D eigenvalue weighted by Crippen LogP contribution is 1.92. The predicted octanol–water partition coefficient (Wildman–Crippen LogP) is 1.06. The Kier molecular flexibility index (Phi) is 3.81. The summed E-state index contributed by atoms with van der Waals surface area (Å²) >= 11 is 0. The van der Waals surface area contributed by atoms with Crippen molar-refractivity contribution < 1.29 is 14.3 Å². The molecule has 5 nitrogen and oxygen atoms in total. The van der Waals surface area contributed by atoms with E-state index in [1.807, 2.05) is 10.8 Å². The second-order valence-electron chi connectivity index (χ2n) is 2.46. The highest BCUT2D eigenvalue weighted by atomic mass is 16.7. The molecule has 0 atom stereocenters. The zero-order valence-electron chi connectivity index (χ0n) is 7.47. The quantitative estimate of drug-likeness (QED) is 0.518. The summed E-state index contributed by atoms with van der Waals surface area (Å²) in [6.45, 7) is 1.15. The van der Waals surface area contributed by atoms with Crippen LogP contribution < -0.4 is 0 Å². The molecule has 0 unspecified atom stereocenters. The van der Waals surface area contributed by atoms with Crippen molar-refractivity contribution in [1.29, 1.82) is 0 Å². The molecule has 72 valence electrons. The first-order valence-corrected chi connectivity index (χ1v) is 3.99. The Morgan fingerprint density at radius 1 is 1.62 bits per heavy atom. The van der Waals surface area contributed by atoms with E-state index in [-0.39, 0.29) is 0 Å². The number of hydrogen-bond donors (Lipinski definition) is 0. The number of methoxy groups -OCH3 is 1. The van der Waals surface area contributed by atoms with E-state index in [4.69, 9.17) is 4.74 Å². The minimum Gasteiger partial charge on any atom is -0.438 e. The highest BCUT2D eigenvalue weighted by Gasteiger charge is 1.98. The number of hydrogen-bond acceptors (Lipinski definition) is 4. The third kappa shape index (κ3) is 3.59. The van der Waals surface area contributed by atoms with Crippen LogP contribution in [0.2, 0.25) is 0 Å². The Balaban J connectivity index is 2.05. The van der Waals surface area contributed by atoms with Gasteiger partial charge in [0.2, 0.25) is 0 Å². The number of aryl methyl sites for hydroxylation is 1. The zero-order chi connectivity index (χ0) is 9.52. The van der Waals surface area contributed by atoms with E-state index in [1.54, 1.807) is 12.5 Å². The summed E-state index contributed by atoms with van der Waals surface area (Å²) in [5.74, 6) is 0. The zero-order valence-corrected chi connectivity index (χ0v) is 7.47. The molecule has 0 saturated carbocycles. The molecule has 13 heavy (non-hydrogen) atoms. The van der Waals surface area contributed by atoms with E-state index in [0.29, 0.717) is 6.61 Å². The van der Waals surface area contributed by atoms with Gasteiger partial charge in [-0.2, -0.15) is 0 Å². The molecule has 1 heterocycles. The fourth-order valence-electron chi connectivity index (χ4n) is 0.881. The predicted molar refractivity (Wildman–Crippen MR) is 45.2 cm³/mol. The first-order chi connectivity index (χ1) is 6.33. The molecule has 0 bridgehead atoms. The molecule has 1 aromatic rings. The SMILES string of the molecule is COC(=O)OCCCn1ccnc1. The maximum atomic E-state index is 10.5. The number of rotatable bonds is 4. The number of imidazole rings is 1. The van der Waals surface area contributed by atoms with Crippen LogP contribution >= 0.6 is 0 Å². The van der Waals surface area contributed by atoms with Gasteiger partial charge in [-0.05, 0) is 6.42 Å². The van der Waals surface area contributed by atoms with Crippen LogP contribution in [0.15, 0.2) is 18.7 Å². The first kappa shape index (κ1) is 9.57. The van der Waals surface area contributed by atoms with Crippen LogP contribution in [0.3, 0.4) is 0 Å². The fourth-order valence-corrected chi connectivity index (χ4v) is 0.881. The van der Waals surface area contributed by atoms with Crippen molar-refractivity contribution >= 4 is 6.16 Å². The molecule has 0 amide bonds. The summed E-state index contributed by atoms with van der Waals surface area (Å²) in [4.78, 5) is 14.4. The maximum Gasteiger partial charge on any atom is 0.507 e. The molecule has 0 fully saturated rings. The molecule has 0 spiro atoms. The van der Waals surface area contributed by atoms with Crippen LogP contribution in [0, 0.1) is 0 Å². The van der Waals surface area contributed by atoms with E-state index >= 15 is 0 Å². The molecule has 0 saturated heterocycles. The lowest BCUT2D eigenvalue weighted by molar-refractivity contribution is 0.0709. The van der Waals surface area contributed by atoms with Gasteiger partial charge < -0.3 is 14.0 Å². The lowest BCUT2D eigenvalue weighted by atomic mass is 10.4. The average Bonchev–Trinajstić information content (AvgIpc) is 2.64. The van der Waals surface area contributed by atoms with Crippen molar-refractivity contribution in [1.82, 2.24) is 9.55 Å². The summed E-state index contributed by atoms with van der Waals surface area (Å²) in [5.41, 5.74) is 0. The van der Waals surface area contributed by atoms with Crippen LogP contribution in [0.4, 0.5) is 4.79 Å².